The molecule has 0 fully saturated rings. The van der Waals surface area contributed by atoms with Crippen molar-refractivity contribution in [1.29, 1.82) is 0 Å². The minimum atomic E-state index is -4.45. The minimum Gasteiger partial charge on any atom is -0.480 e. The van der Waals surface area contributed by atoms with Crippen LogP contribution >= 0.6 is 19.1 Å². The van der Waals surface area contributed by atoms with Crippen LogP contribution in [0.15, 0.2) is 41.8 Å². The average molecular weight is 512 g/mol. The number of thiophene rings is 1. The zero-order chi connectivity index (χ0) is 25.3. The van der Waals surface area contributed by atoms with Crippen molar-refractivity contribution in [1.82, 2.24) is 15.7 Å². The topological polar surface area (TPSA) is 154 Å². The Bertz CT molecular complexity index is 1010. The summed E-state index contributed by atoms with van der Waals surface area (Å²) in [6.07, 6.45) is 0.192. The molecule has 2 aromatic rings. The van der Waals surface area contributed by atoms with Crippen LogP contribution in [0.2, 0.25) is 0 Å². The lowest BCUT2D eigenvalue weighted by Gasteiger charge is -2.24. The first-order valence-electron chi connectivity index (χ1n) is 10.6. The zero-order valence-corrected chi connectivity index (χ0v) is 20.9. The maximum Gasteiger partial charge on any atom is 0.405 e. The number of hydrogen-bond donors (Lipinski definition) is 5. The number of aliphatic carboxylic acids is 1. The summed E-state index contributed by atoms with van der Waals surface area (Å²) < 4.78 is 17.1. The zero-order valence-electron chi connectivity index (χ0n) is 19.2. The molecule has 0 aliphatic rings. The van der Waals surface area contributed by atoms with Crippen LogP contribution in [0.3, 0.4) is 0 Å². The van der Waals surface area contributed by atoms with E-state index in [0.29, 0.717) is 5.56 Å². The van der Waals surface area contributed by atoms with Crippen molar-refractivity contribution < 1.29 is 33.5 Å². The molecule has 0 aliphatic heterocycles. The van der Waals surface area contributed by atoms with Gasteiger partial charge in [-0.15, -0.1) is 11.3 Å². The largest absolute Gasteiger partial charge is 0.480 e. The molecule has 12 heteroatoms. The van der Waals surface area contributed by atoms with Gasteiger partial charge in [-0.25, -0.2) is 14.4 Å². The number of carbonyl (C=O) groups is 3. The van der Waals surface area contributed by atoms with Crippen LogP contribution in [0.4, 0.5) is 0 Å². The second-order valence-electron chi connectivity index (χ2n) is 8.12. The quantitative estimate of drug-likeness (QED) is 0.203. The van der Waals surface area contributed by atoms with Crippen molar-refractivity contribution in [3.8, 4) is 10.4 Å². The molecule has 2 amide bonds. The van der Waals surface area contributed by atoms with Crippen molar-refractivity contribution in [2.45, 2.75) is 45.7 Å². The summed E-state index contributed by atoms with van der Waals surface area (Å²) in [7, 11) is -4.45. The molecule has 0 bridgehead atoms. The highest BCUT2D eigenvalue weighted by molar-refractivity contribution is 7.50. The Balaban J connectivity index is 2.06. The van der Waals surface area contributed by atoms with E-state index in [2.05, 4.69) is 15.7 Å². The SMILES string of the molecule is CC(=O)NCOP(=O)(O)N[C@@H](CC(C)C)C(=O)N[C@@H](Cc1ccc(-c2cccs2)cc1)C(=O)O. The molecular formula is C22H30N3O7PS. The number of nitrogens with one attached hydrogen (secondary N) is 3. The summed E-state index contributed by atoms with van der Waals surface area (Å²) in [6.45, 7) is 4.32. The molecule has 34 heavy (non-hydrogen) atoms. The molecule has 1 aromatic heterocycles. The number of carboxylic acid groups (broad SMARTS) is 1. The first-order valence-corrected chi connectivity index (χ1v) is 13.1. The molecule has 1 unspecified atom stereocenters. The van der Waals surface area contributed by atoms with Crippen LogP contribution in [0.1, 0.15) is 32.8 Å². The summed E-state index contributed by atoms with van der Waals surface area (Å²) in [4.78, 5) is 46.7. The molecular weight excluding hydrogens is 481 g/mol. The minimum absolute atomic E-state index is 0.0377. The fourth-order valence-corrected chi connectivity index (χ4v) is 4.77. The predicted molar refractivity (Wildman–Crippen MR) is 129 cm³/mol. The van der Waals surface area contributed by atoms with Crippen molar-refractivity contribution in [3.05, 3.63) is 47.3 Å². The van der Waals surface area contributed by atoms with Gasteiger partial charge in [-0.1, -0.05) is 44.2 Å². The van der Waals surface area contributed by atoms with Gasteiger partial charge in [-0.05, 0) is 34.9 Å². The monoisotopic (exact) mass is 511 g/mol. The van der Waals surface area contributed by atoms with Gasteiger partial charge in [-0.2, -0.15) is 0 Å². The van der Waals surface area contributed by atoms with Gasteiger partial charge in [0.25, 0.3) is 0 Å². The van der Waals surface area contributed by atoms with Crippen LogP contribution in [0.25, 0.3) is 10.4 Å². The van der Waals surface area contributed by atoms with Crippen LogP contribution < -0.4 is 15.7 Å². The standard InChI is InChI=1S/C22H30N3O7PS/c1-14(2)11-18(25-33(30,31)32-13-23-15(3)26)21(27)24-19(22(28)29)12-16-6-8-17(9-7-16)20-5-4-10-34-20/h4-10,14,18-19H,11-13H2,1-3H3,(H,23,26)(H,24,27)(H,28,29)(H2,25,30,31)/t18-,19-/m0/s1. The summed E-state index contributed by atoms with van der Waals surface area (Å²) >= 11 is 1.60. The average Bonchev–Trinajstić information content (AvgIpc) is 3.27. The van der Waals surface area contributed by atoms with E-state index in [1.807, 2.05) is 43.5 Å². The smallest absolute Gasteiger partial charge is 0.405 e. The van der Waals surface area contributed by atoms with Crippen molar-refractivity contribution in [3.63, 3.8) is 0 Å². The number of amides is 2. The van der Waals surface area contributed by atoms with Crippen LogP contribution in [-0.2, 0) is 29.9 Å². The summed E-state index contributed by atoms with van der Waals surface area (Å²) in [6, 6.07) is 8.89. The molecule has 186 valence electrons. The second kappa shape index (κ2) is 12.8. The van der Waals surface area contributed by atoms with E-state index in [9.17, 15) is 28.9 Å². The third kappa shape index (κ3) is 9.36. The summed E-state index contributed by atoms with van der Waals surface area (Å²) in [5.74, 6) is -2.47. The lowest BCUT2D eigenvalue weighted by atomic mass is 10.0. The Labute approximate surface area is 202 Å². The molecule has 0 saturated heterocycles. The van der Waals surface area contributed by atoms with Gasteiger partial charge in [0.15, 0.2) is 0 Å². The molecule has 2 rings (SSSR count). The summed E-state index contributed by atoms with van der Waals surface area (Å²) in [5, 5.41) is 18.6. The molecule has 0 spiro atoms. The highest BCUT2D eigenvalue weighted by atomic mass is 32.1. The van der Waals surface area contributed by atoms with Crippen molar-refractivity contribution >= 4 is 36.9 Å². The van der Waals surface area contributed by atoms with E-state index in [1.165, 1.54) is 6.92 Å². The Kier molecular flexibility index (Phi) is 10.4. The van der Waals surface area contributed by atoms with E-state index in [4.69, 9.17) is 4.52 Å². The number of benzene rings is 1. The normalized spacial score (nSPS) is 14.7. The van der Waals surface area contributed by atoms with Crippen LogP contribution in [-0.4, -0.2) is 46.6 Å². The fraction of sp³-hybridized carbons (Fsp3) is 0.409. The van der Waals surface area contributed by atoms with E-state index >= 15 is 0 Å². The molecule has 5 N–H and O–H groups in total. The maximum absolute atomic E-state index is 12.9. The predicted octanol–water partition coefficient (Wildman–Crippen LogP) is 2.74. The molecule has 1 aromatic carbocycles. The Hall–Kier alpha value is -2.56. The first kappa shape index (κ1) is 27.7. The molecule has 3 atom stereocenters. The summed E-state index contributed by atoms with van der Waals surface area (Å²) in [5.41, 5.74) is 1.72. The Morgan fingerprint density at radius 2 is 1.79 bits per heavy atom. The van der Waals surface area contributed by atoms with Gasteiger partial charge in [-0.3, -0.25) is 14.1 Å². The molecule has 10 nitrogen and oxygen atoms in total. The molecule has 0 aliphatic carbocycles. The second-order valence-corrected chi connectivity index (χ2v) is 10.6. The van der Waals surface area contributed by atoms with Gasteiger partial charge < -0.3 is 20.6 Å². The van der Waals surface area contributed by atoms with Gasteiger partial charge in [0.2, 0.25) is 11.8 Å². The van der Waals surface area contributed by atoms with E-state index < -0.39 is 44.3 Å². The molecule has 0 saturated carbocycles. The number of carbonyl (C=O) groups excluding carboxylic acids is 2. The molecule has 1 heterocycles. The van der Waals surface area contributed by atoms with Crippen molar-refractivity contribution in [2.24, 2.45) is 5.92 Å². The van der Waals surface area contributed by atoms with Gasteiger partial charge in [0, 0.05) is 18.2 Å². The highest BCUT2D eigenvalue weighted by Gasteiger charge is 2.32. The maximum atomic E-state index is 12.9. The fourth-order valence-electron chi connectivity index (χ4n) is 3.10. The third-order valence-corrected chi connectivity index (χ3v) is 6.75. The van der Waals surface area contributed by atoms with Crippen molar-refractivity contribution in [2.75, 3.05) is 6.73 Å². The molecule has 0 radical (unpaired) electrons. The van der Waals surface area contributed by atoms with E-state index in [-0.39, 0.29) is 18.8 Å². The lowest BCUT2D eigenvalue weighted by molar-refractivity contribution is -0.142. The van der Waals surface area contributed by atoms with Crippen LogP contribution in [0, 0.1) is 5.92 Å². The van der Waals surface area contributed by atoms with Gasteiger partial charge in [0.1, 0.15) is 12.8 Å². The Morgan fingerprint density at radius 3 is 2.32 bits per heavy atom. The Morgan fingerprint density at radius 1 is 1.12 bits per heavy atom. The number of hydrogen-bond acceptors (Lipinski definition) is 6. The number of carboxylic acids is 1. The number of rotatable bonds is 13. The highest BCUT2D eigenvalue weighted by Crippen LogP contribution is 2.37. The lowest BCUT2D eigenvalue weighted by Crippen LogP contribution is -2.50. The van der Waals surface area contributed by atoms with Crippen LogP contribution in [0.5, 0.6) is 0 Å². The third-order valence-electron chi connectivity index (χ3n) is 4.72. The first-order chi connectivity index (χ1) is 16.0. The van der Waals surface area contributed by atoms with Gasteiger partial charge >= 0.3 is 13.7 Å². The van der Waals surface area contributed by atoms with E-state index in [0.717, 1.165) is 10.4 Å². The van der Waals surface area contributed by atoms with E-state index in [1.54, 1.807) is 23.5 Å². The van der Waals surface area contributed by atoms with Gasteiger partial charge in [0.05, 0.1) is 6.04 Å².